The van der Waals surface area contributed by atoms with Gasteiger partial charge in [0.1, 0.15) is 0 Å². The minimum atomic E-state index is -2.94. The molecule has 0 bridgehead atoms. The number of halogens is 1. The summed E-state index contributed by atoms with van der Waals surface area (Å²) >= 11 is 0. The molecule has 0 saturated carbocycles. The third-order valence-corrected chi connectivity index (χ3v) is 2.50. The van der Waals surface area contributed by atoms with Crippen molar-refractivity contribution in [2.45, 2.75) is 25.7 Å². The summed E-state index contributed by atoms with van der Waals surface area (Å²) in [5, 5.41) is 0. The molecule has 0 amide bonds. The standard InChI is InChI=1S/C6H14FSi/c1-5-6-8(2,3,4)7/h5H,1,6H2,2-4H3/q-1. The van der Waals surface area contributed by atoms with Gasteiger partial charge in [0.15, 0.2) is 0 Å². The first-order chi connectivity index (χ1) is 3.31. The Labute approximate surface area is 51.0 Å². The number of hydrogen-bond donors (Lipinski definition) is 0. The molecule has 0 rings (SSSR count). The zero-order chi connectivity index (χ0) is 6.86. The van der Waals surface area contributed by atoms with Crippen LogP contribution >= 0.6 is 0 Å². The molecule has 0 saturated heterocycles. The Kier molecular flexibility index (Phi) is 1.67. The molecular weight excluding hydrogens is 119 g/mol. The quantitative estimate of drug-likeness (QED) is 0.309. The van der Waals surface area contributed by atoms with E-state index in [4.69, 9.17) is 0 Å². The summed E-state index contributed by atoms with van der Waals surface area (Å²) in [6, 6.07) is 0.556. The van der Waals surface area contributed by atoms with Gasteiger partial charge in [-0.05, 0) is 0 Å². The van der Waals surface area contributed by atoms with Gasteiger partial charge in [-0.15, -0.1) is 0 Å². The van der Waals surface area contributed by atoms with E-state index in [9.17, 15) is 4.11 Å². The van der Waals surface area contributed by atoms with Crippen molar-refractivity contribution in [1.29, 1.82) is 0 Å². The molecular formula is C6H14FSi-. The monoisotopic (exact) mass is 133 g/mol. The second-order valence-electron chi connectivity index (χ2n) is 3.75. The van der Waals surface area contributed by atoms with Crippen molar-refractivity contribution in [1.82, 2.24) is 0 Å². The maximum absolute atomic E-state index is 13.2. The van der Waals surface area contributed by atoms with Crippen molar-refractivity contribution in [3.8, 4) is 0 Å². The molecule has 0 aliphatic heterocycles. The Morgan fingerprint density at radius 2 is 1.88 bits per heavy atom. The maximum atomic E-state index is 13.2. The Bertz CT molecular complexity index is 89.6. The molecule has 0 unspecified atom stereocenters. The first-order valence-electron chi connectivity index (χ1n) is 2.86. The molecule has 2 heteroatoms. The van der Waals surface area contributed by atoms with Gasteiger partial charge in [0.05, 0.1) is 0 Å². The van der Waals surface area contributed by atoms with Crippen LogP contribution < -0.4 is 0 Å². The predicted molar refractivity (Wildman–Crippen MR) is 39.5 cm³/mol. The van der Waals surface area contributed by atoms with Gasteiger partial charge in [-0.25, -0.2) is 0 Å². The van der Waals surface area contributed by atoms with E-state index in [1.165, 1.54) is 0 Å². The summed E-state index contributed by atoms with van der Waals surface area (Å²) in [5.41, 5.74) is 0. The van der Waals surface area contributed by atoms with E-state index in [-0.39, 0.29) is 0 Å². The Morgan fingerprint density at radius 3 is 1.88 bits per heavy atom. The summed E-state index contributed by atoms with van der Waals surface area (Å²) in [6.45, 7) is 8.62. The van der Waals surface area contributed by atoms with Gasteiger partial charge in [-0.3, -0.25) is 0 Å². The third kappa shape index (κ3) is 5.89. The molecule has 0 heterocycles. The molecule has 0 spiro atoms. The fraction of sp³-hybridized carbons (Fsp3) is 0.667. The van der Waals surface area contributed by atoms with Crippen LogP contribution in [0.1, 0.15) is 0 Å². The molecule has 0 aromatic heterocycles. The van der Waals surface area contributed by atoms with Crippen LogP contribution in [0.3, 0.4) is 0 Å². The fourth-order valence-electron chi connectivity index (χ4n) is 0.488. The van der Waals surface area contributed by atoms with E-state index in [1.807, 2.05) is 0 Å². The Balaban J connectivity index is 3.91. The minimum absolute atomic E-state index is 0.556. The average Bonchev–Trinajstić information content (AvgIpc) is 1.25. The molecule has 0 atom stereocenters. The molecule has 0 aliphatic carbocycles. The van der Waals surface area contributed by atoms with Crippen molar-refractivity contribution in [3.63, 3.8) is 0 Å². The summed E-state index contributed by atoms with van der Waals surface area (Å²) in [5.74, 6) is 0. The molecule has 0 aromatic carbocycles. The van der Waals surface area contributed by atoms with Crippen LogP contribution in [0.2, 0.25) is 25.7 Å². The van der Waals surface area contributed by atoms with E-state index in [0.717, 1.165) is 0 Å². The topological polar surface area (TPSA) is 0 Å². The van der Waals surface area contributed by atoms with Crippen LogP contribution in [0.25, 0.3) is 0 Å². The first kappa shape index (κ1) is 7.89. The van der Waals surface area contributed by atoms with Crippen molar-refractivity contribution in [3.05, 3.63) is 12.7 Å². The van der Waals surface area contributed by atoms with E-state index < -0.39 is 7.68 Å². The van der Waals surface area contributed by atoms with Gasteiger partial charge in [-0.2, -0.15) is 0 Å². The van der Waals surface area contributed by atoms with E-state index in [1.54, 1.807) is 25.7 Å². The third-order valence-electron chi connectivity index (χ3n) is 0.834. The molecule has 0 radical (unpaired) electrons. The van der Waals surface area contributed by atoms with Crippen molar-refractivity contribution in [2.24, 2.45) is 0 Å². The second-order valence-corrected chi connectivity index (χ2v) is 10.7. The molecule has 0 nitrogen and oxygen atoms in total. The van der Waals surface area contributed by atoms with Gasteiger partial charge in [0.25, 0.3) is 0 Å². The SMILES string of the molecule is C=CC[Si-](C)(C)(C)F. The molecule has 50 valence electrons. The number of hydrogen-bond acceptors (Lipinski definition) is 0. The van der Waals surface area contributed by atoms with E-state index in [2.05, 4.69) is 6.58 Å². The van der Waals surface area contributed by atoms with E-state index >= 15 is 0 Å². The van der Waals surface area contributed by atoms with Crippen LogP contribution in [-0.2, 0) is 0 Å². The molecule has 0 fully saturated rings. The van der Waals surface area contributed by atoms with E-state index in [0.29, 0.717) is 6.04 Å². The Morgan fingerprint density at radius 1 is 1.50 bits per heavy atom. The van der Waals surface area contributed by atoms with Crippen molar-refractivity contribution in [2.75, 3.05) is 0 Å². The summed E-state index contributed by atoms with van der Waals surface area (Å²) < 4.78 is 13.2. The second kappa shape index (κ2) is 1.69. The van der Waals surface area contributed by atoms with Gasteiger partial charge < -0.3 is 0 Å². The zero-order valence-electron chi connectivity index (χ0n) is 5.87. The van der Waals surface area contributed by atoms with Gasteiger partial charge in [-0.1, -0.05) is 0 Å². The first-order valence-corrected chi connectivity index (χ1v) is 6.94. The normalized spacial score (nSPS) is 16.8. The van der Waals surface area contributed by atoms with Crippen molar-refractivity contribution < 1.29 is 4.11 Å². The van der Waals surface area contributed by atoms with Gasteiger partial charge >= 0.3 is 50.1 Å². The van der Waals surface area contributed by atoms with Gasteiger partial charge in [0.2, 0.25) is 0 Å². The summed E-state index contributed by atoms with van der Waals surface area (Å²) in [7, 11) is -2.94. The fourth-order valence-corrected chi connectivity index (χ4v) is 1.46. The van der Waals surface area contributed by atoms with Crippen LogP contribution in [0.5, 0.6) is 0 Å². The molecule has 0 aliphatic rings. The zero-order valence-corrected chi connectivity index (χ0v) is 6.87. The number of rotatable bonds is 2. The predicted octanol–water partition coefficient (Wildman–Crippen LogP) is 2.93. The molecule has 8 heavy (non-hydrogen) atoms. The summed E-state index contributed by atoms with van der Waals surface area (Å²) in [4.78, 5) is 0. The van der Waals surface area contributed by atoms with Crippen LogP contribution in [0.4, 0.5) is 4.11 Å². The molecule has 0 aromatic rings. The van der Waals surface area contributed by atoms with Crippen molar-refractivity contribution >= 4 is 7.68 Å². The number of allylic oxidation sites excluding steroid dienone is 1. The Hall–Kier alpha value is -0.113. The summed E-state index contributed by atoms with van der Waals surface area (Å²) in [6.07, 6.45) is 1.66. The van der Waals surface area contributed by atoms with Crippen LogP contribution in [-0.4, -0.2) is 7.68 Å². The van der Waals surface area contributed by atoms with Crippen LogP contribution in [0.15, 0.2) is 12.7 Å². The molecule has 0 N–H and O–H groups in total. The van der Waals surface area contributed by atoms with Gasteiger partial charge in [0, 0.05) is 0 Å². The average molecular weight is 133 g/mol. The van der Waals surface area contributed by atoms with Crippen LogP contribution in [0, 0.1) is 0 Å².